The first kappa shape index (κ1) is 14.6. The highest BCUT2D eigenvalue weighted by Gasteiger charge is 2.10. The van der Waals surface area contributed by atoms with Crippen molar-refractivity contribution >= 4 is 5.69 Å². The van der Waals surface area contributed by atoms with Crippen LogP contribution in [0.15, 0.2) is 48.5 Å². The fourth-order valence-corrected chi connectivity index (χ4v) is 2.54. The number of nitrogens with zero attached hydrogens (tertiary/aromatic N) is 1. The molecule has 0 spiro atoms. The van der Waals surface area contributed by atoms with Gasteiger partial charge in [-0.1, -0.05) is 48.0 Å². The molecule has 2 rings (SSSR count). The lowest BCUT2D eigenvalue weighted by molar-refractivity contribution is 0.733. The van der Waals surface area contributed by atoms with E-state index < -0.39 is 0 Å². The zero-order valence-corrected chi connectivity index (χ0v) is 12.6. The summed E-state index contributed by atoms with van der Waals surface area (Å²) < 4.78 is 0. The number of aryl methyl sites for hydroxylation is 1. The van der Waals surface area contributed by atoms with E-state index in [0.29, 0.717) is 0 Å². The summed E-state index contributed by atoms with van der Waals surface area (Å²) in [6.45, 7) is 5.10. The van der Waals surface area contributed by atoms with Gasteiger partial charge in [0.1, 0.15) is 0 Å². The number of rotatable bonds is 5. The Bertz CT molecular complexity index is 547. The summed E-state index contributed by atoms with van der Waals surface area (Å²) in [5.74, 6) is 0. The number of hydrogen-bond acceptors (Lipinski definition) is 2. The molecule has 0 aliphatic heterocycles. The van der Waals surface area contributed by atoms with Gasteiger partial charge in [0.05, 0.1) is 0 Å². The van der Waals surface area contributed by atoms with E-state index in [2.05, 4.69) is 74.3 Å². The maximum Gasteiger partial charge on any atom is 0.0426 e. The van der Waals surface area contributed by atoms with E-state index in [9.17, 15) is 0 Å². The Kier molecular flexibility index (Phi) is 4.80. The Morgan fingerprint density at radius 3 is 2.45 bits per heavy atom. The van der Waals surface area contributed by atoms with Gasteiger partial charge < -0.3 is 10.6 Å². The number of benzene rings is 2. The molecule has 0 saturated heterocycles. The standard InChI is InChI=1S/C18H24N2/c1-14-9-10-18(17(11-14)12-15(2)19)20(3)13-16-7-5-4-6-8-16/h4-11,15H,12-13,19H2,1-3H3. The first-order chi connectivity index (χ1) is 9.56. The lowest BCUT2D eigenvalue weighted by Gasteiger charge is -2.24. The second-order valence-electron chi connectivity index (χ2n) is 5.66. The summed E-state index contributed by atoms with van der Waals surface area (Å²) in [7, 11) is 2.14. The largest absolute Gasteiger partial charge is 0.370 e. The van der Waals surface area contributed by atoms with E-state index >= 15 is 0 Å². The van der Waals surface area contributed by atoms with Crippen LogP contribution in [-0.2, 0) is 13.0 Å². The first-order valence-electron chi connectivity index (χ1n) is 7.16. The van der Waals surface area contributed by atoms with Crippen molar-refractivity contribution < 1.29 is 0 Å². The molecule has 0 aromatic heterocycles. The summed E-state index contributed by atoms with van der Waals surface area (Å²) in [5.41, 5.74) is 11.2. The van der Waals surface area contributed by atoms with Gasteiger partial charge in [-0.2, -0.15) is 0 Å². The number of hydrogen-bond donors (Lipinski definition) is 1. The highest BCUT2D eigenvalue weighted by molar-refractivity contribution is 5.55. The fraction of sp³-hybridized carbons (Fsp3) is 0.333. The molecule has 1 unspecified atom stereocenters. The van der Waals surface area contributed by atoms with Gasteiger partial charge in [-0.05, 0) is 37.5 Å². The third-order valence-electron chi connectivity index (χ3n) is 3.45. The van der Waals surface area contributed by atoms with Crippen LogP contribution in [0.2, 0.25) is 0 Å². The molecule has 0 aliphatic carbocycles. The van der Waals surface area contributed by atoms with E-state index in [4.69, 9.17) is 5.73 Å². The molecular weight excluding hydrogens is 244 g/mol. The average Bonchev–Trinajstić information content (AvgIpc) is 2.39. The Morgan fingerprint density at radius 2 is 1.80 bits per heavy atom. The van der Waals surface area contributed by atoms with Crippen LogP contribution in [0.25, 0.3) is 0 Å². The van der Waals surface area contributed by atoms with Crippen molar-refractivity contribution in [3.63, 3.8) is 0 Å². The lowest BCUT2D eigenvalue weighted by atomic mass is 10.0. The molecule has 0 saturated carbocycles. The molecule has 106 valence electrons. The SMILES string of the molecule is Cc1ccc(N(C)Cc2ccccc2)c(CC(C)N)c1. The summed E-state index contributed by atoms with van der Waals surface area (Å²) in [5, 5.41) is 0. The molecule has 0 aliphatic rings. The minimum Gasteiger partial charge on any atom is -0.370 e. The second kappa shape index (κ2) is 6.58. The van der Waals surface area contributed by atoms with Crippen molar-refractivity contribution in [2.75, 3.05) is 11.9 Å². The van der Waals surface area contributed by atoms with Crippen molar-refractivity contribution in [2.24, 2.45) is 5.73 Å². The molecule has 1 atom stereocenters. The van der Waals surface area contributed by atoms with Gasteiger partial charge in [-0.15, -0.1) is 0 Å². The predicted octanol–water partition coefficient (Wildman–Crippen LogP) is 3.52. The fourth-order valence-electron chi connectivity index (χ4n) is 2.54. The third-order valence-corrected chi connectivity index (χ3v) is 3.45. The van der Waals surface area contributed by atoms with Gasteiger partial charge >= 0.3 is 0 Å². The van der Waals surface area contributed by atoms with Crippen molar-refractivity contribution in [2.45, 2.75) is 32.9 Å². The summed E-state index contributed by atoms with van der Waals surface area (Å²) in [4.78, 5) is 2.30. The first-order valence-corrected chi connectivity index (χ1v) is 7.16. The second-order valence-corrected chi connectivity index (χ2v) is 5.66. The van der Waals surface area contributed by atoms with Crippen LogP contribution in [-0.4, -0.2) is 13.1 Å². The van der Waals surface area contributed by atoms with Crippen molar-refractivity contribution in [1.29, 1.82) is 0 Å². The Hall–Kier alpha value is -1.80. The Balaban J connectivity index is 2.22. The molecule has 2 heteroatoms. The van der Waals surface area contributed by atoms with E-state index in [1.54, 1.807) is 0 Å². The van der Waals surface area contributed by atoms with Gasteiger partial charge in [0, 0.05) is 25.3 Å². The smallest absolute Gasteiger partial charge is 0.0426 e. The van der Waals surface area contributed by atoms with E-state index in [-0.39, 0.29) is 6.04 Å². The van der Waals surface area contributed by atoms with E-state index in [1.807, 2.05) is 0 Å². The topological polar surface area (TPSA) is 29.3 Å². The highest BCUT2D eigenvalue weighted by atomic mass is 15.1. The van der Waals surface area contributed by atoms with Gasteiger partial charge in [0.15, 0.2) is 0 Å². The molecule has 20 heavy (non-hydrogen) atoms. The maximum absolute atomic E-state index is 5.98. The van der Waals surface area contributed by atoms with Crippen molar-refractivity contribution in [3.8, 4) is 0 Å². The summed E-state index contributed by atoms with van der Waals surface area (Å²) in [6, 6.07) is 17.4. The molecule has 0 radical (unpaired) electrons. The molecular formula is C18H24N2. The molecule has 2 nitrogen and oxygen atoms in total. The molecule has 2 N–H and O–H groups in total. The zero-order valence-electron chi connectivity index (χ0n) is 12.6. The minimum atomic E-state index is 0.181. The molecule has 0 heterocycles. The van der Waals surface area contributed by atoms with Gasteiger partial charge in [0.2, 0.25) is 0 Å². The molecule has 2 aromatic carbocycles. The van der Waals surface area contributed by atoms with Crippen LogP contribution < -0.4 is 10.6 Å². The Morgan fingerprint density at radius 1 is 1.10 bits per heavy atom. The quantitative estimate of drug-likeness (QED) is 0.899. The van der Waals surface area contributed by atoms with Crippen LogP contribution in [0.1, 0.15) is 23.6 Å². The molecule has 0 fully saturated rings. The van der Waals surface area contributed by atoms with Crippen LogP contribution in [0.4, 0.5) is 5.69 Å². The number of anilines is 1. The average molecular weight is 268 g/mol. The van der Waals surface area contributed by atoms with Gasteiger partial charge in [-0.25, -0.2) is 0 Å². The van der Waals surface area contributed by atoms with Gasteiger partial charge in [0.25, 0.3) is 0 Å². The zero-order chi connectivity index (χ0) is 14.5. The molecule has 0 amide bonds. The third kappa shape index (κ3) is 3.84. The van der Waals surface area contributed by atoms with Crippen LogP contribution >= 0.6 is 0 Å². The van der Waals surface area contributed by atoms with Crippen molar-refractivity contribution in [1.82, 2.24) is 0 Å². The monoisotopic (exact) mass is 268 g/mol. The minimum absolute atomic E-state index is 0.181. The molecule has 0 bridgehead atoms. The Labute approximate surface area is 122 Å². The normalized spacial score (nSPS) is 12.2. The summed E-state index contributed by atoms with van der Waals surface area (Å²) >= 11 is 0. The maximum atomic E-state index is 5.98. The number of nitrogens with two attached hydrogens (primary N) is 1. The molecule has 2 aromatic rings. The van der Waals surface area contributed by atoms with Crippen molar-refractivity contribution in [3.05, 3.63) is 65.2 Å². The lowest BCUT2D eigenvalue weighted by Crippen LogP contribution is -2.22. The van der Waals surface area contributed by atoms with Crippen LogP contribution in [0, 0.1) is 6.92 Å². The van der Waals surface area contributed by atoms with Gasteiger partial charge in [-0.3, -0.25) is 0 Å². The summed E-state index contributed by atoms with van der Waals surface area (Å²) in [6.07, 6.45) is 0.913. The van der Waals surface area contributed by atoms with E-state index in [0.717, 1.165) is 13.0 Å². The van der Waals surface area contributed by atoms with Crippen LogP contribution in [0.3, 0.4) is 0 Å². The van der Waals surface area contributed by atoms with E-state index in [1.165, 1.54) is 22.4 Å². The highest BCUT2D eigenvalue weighted by Crippen LogP contribution is 2.23. The predicted molar refractivity (Wildman–Crippen MR) is 87.1 cm³/mol. The van der Waals surface area contributed by atoms with Crippen LogP contribution in [0.5, 0.6) is 0 Å².